The number of hydrogen-bond acceptors (Lipinski definition) is 2. The zero-order chi connectivity index (χ0) is 9.30. The van der Waals surface area contributed by atoms with E-state index < -0.39 is 27.9 Å². The molecule has 12 heavy (non-hydrogen) atoms. The Balaban J connectivity index is 3.33. The van der Waals surface area contributed by atoms with Gasteiger partial charge in [0.05, 0.1) is 16.8 Å². The van der Waals surface area contributed by atoms with E-state index in [1.807, 2.05) is 0 Å². The Bertz CT molecular complexity index is 306. The van der Waals surface area contributed by atoms with Crippen LogP contribution in [-0.2, 0) is 0 Å². The Morgan fingerprint density at radius 1 is 1.42 bits per heavy atom. The van der Waals surface area contributed by atoms with Crippen molar-refractivity contribution in [3.8, 4) is 5.75 Å². The minimum Gasteiger partial charge on any atom is -0.505 e. The van der Waals surface area contributed by atoms with E-state index in [1.165, 1.54) is 0 Å². The van der Waals surface area contributed by atoms with Gasteiger partial charge in [-0.05, 0) is 0 Å². The normalized spacial score (nSPS) is 10.8. The highest BCUT2D eigenvalue weighted by Gasteiger charge is 2.19. The summed E-state index contributed by atoms with van der Waals surface area (Å²) in [7, 11) is 0. The van der Waals surface area contributed by atoms with Crippen LogP contribution >= 0.6 is 23.2 Å². The Kier molecular flexibility index (Phi) is 2.69. The lowest BCUT2D eigenvalue weighted by molar-refractivity contribution is 0.151. The molecule has 0 aliphatic carbocycles. The first-order valence-electron chi connectivity index (χ1n) is 2.85. The number of nitrogens with zero attached hydrogens (tertiary/aromatic N) is 1. The van der Waals surface area contributed by atoms with E-state index in [1.54, 1.807) is 0 Å². The van der Waals surface area contributed by atoms with Crippen molar-refractivity contribution in [1.29, 1.82) is 0 Å². The fraction of sp³-hybridized carbons (Fsp3) is 0.167. The Morgan fingerprint density at radius 2 is 2.00 bits per heavy atom. The third-order valence-electron chi connectivity index (χ3n) is 1.20. The van der Waals surface area contributed by atoms with Crippen LogP contribution in [0.15, 0.2) is 6.20 Å². The summed E-state index contributed by atoms with van der Waals surface area (Å²) in [6.45, 7) is 0. The Labute approximate surface area is 76.7 Å². The van der Waals surface area contributed by atoms with Gasteiger partial charge in [0.1, 0.15) is 5.15 Å². The molecule has 1 rings (SSSR count). The second kappa shape index (κ2) is 3.41. The maximum atomic E-state index is 12.1. The predicted molar refractivity (Wildman–Crippen MR) is 40.9 cm³/mol. The molecular weight excluding hydrogens is 211 g/mol. The van der Waals surface area contributed by atoms with Crippen molar-refractivity contribution < 1.29 is 13.9 Å². The summed E-state index contributed by atoms with van der Waals surface area (Å²) >= 11 is 10.6. The van der Waals surface area contributed by atoms with Crippen molar-refractivity contribution in [1.82, 2.24) is 4.98 Å². The van der Waals surface area contributed by atoms with Crippen LogP contribution in [0.4, 0.5) is 8.78 Å². The number of hydrogen-bond donors (Lipinski definition) is 1. The smallest absolute Gasteiger partial charge is 0.268 e. The van der Waals surface area contributed by atoms with Crippen LogP contribution in [0.2, 0.25) is 10.2 Å². The van der Waals surface area contributed by atoms with Gasteiger partial charge in [-0.15, -0.1) is 0 Å². The number of halogens is 4. The van der Waals surface area contributed by atoms with Crippen LogP contribution in [-0.4, -0.2) is 10.1 Å². The van der Waals surface area contributed by atoms with Gasteiger partial charge < -0.3 is 5.11 Å². The van der Waals surface area contributed by atoms with Gasteiger partial charge in [-0.1, -0.05) is 23.2 Å². The van der Waals surface area contributed by atoms with Crippen molar-refractivity contribution in [2.45, 2.75) is 6.43 Å². The van der Waals surface area contributed by atoms with Gasteiger partial charge in [-0.3, -0.25) is 0 Å². The van der Waals surface area contributed by atoms with Crippen LogP contribution in [0.3, 0.4) is 0 Å². The molecule has 0 saturated heterocycles. The second-order valence-corrected chi connectivity index (χ2v) is 2.70. The maximum Gasteiger partial charge on any atom is 0.268 e. The Morgan fingerprint density at radius 3 is 2.42 bits per heavy atom. The van der Waals surface area contributed by atoms with Crippen LogP contribution in [0.25, 0.3) is 0 Å². The van der Waals surface area contributed by atoms with Crippen molar-refractivity contribution >= 4 is 23.2 Å². The highest BCUT2D eigenvalue weighted by atomic mass is 35.5. The van der Waals surface area contributed by atoms with Crippen molar-refractivity contribution in [2.75, 3.05) is 0 Å². The molecule has 1 heterocycles. The topological polar surface area (TPSA) is 33.1 Å². The number of aromatic hydroxyl groups is 1. The monoisotopic (exact) mass is 213 g/mol. The van der Waals surface area contributed by atoms with E-state index in [2.05, 4.69) is 4.98 Å². The minimum absolute atomic E-state index is 0.396. The summed E-state index contributed by atoms with van der Waals surface area (Å²) in [5.74, 6) is -0.503. The fourth-order valence-electron chi connectivity index (χ4n) is 0.658. The molecule has 0 aliphatic rings. The minimum atomic E-state index is -2.84. The molecule has 66 valence electrons. The molecule has 0 unspecified atom stereocenters. The van der Waals surface area contributed by atoms with Gasteiger partial charge in [0, 0.05) is 0 Å². The third kappa shape index (κ3) is 1.59. The average Bonchev–Trinajstić information content (AvgIpc) is 1.97. The van der Waals surface area contributed by atoms with Gasteiger partial charge in [0.2, 0.25) is 0 Å². The highest BCUT2D eigenvalue weighted by molar-refractivity contribution is 6.36. The first kappa shape index (κ1) is 9.48. The standard InChI is InChI=1S/C6H3Cl2F2NO/c7-4-2(12)1-11-5(8)3(4)6(9)10/h1,6,12H. The number of pyridine rings is 1. The van der Waals surface area contributed by atoms with Gasteiger partial charge in [0.15, 0.2) is 5.75 Å². The van der Waals surface area contributed by atoms with Gasteiger partial charge in [-0.2, -0.15) is 0 Å². The first-order valence-corrected chi connectivity index (χ1v) is 3.60. The van der Waals surface area contributed by atoms with E-state index >= 15 is 0 Å². The quantitative estimate of drug-likeness (QED) is 0.728. The second-order valence-electron chi connectivity index (χ2n) is 1.96. The fourth-order valence-corrected chi connectivity index (χ4v) is 1.15. The lowest BCUT2D eigenvalue weighted by atomic mass is 10.3. The molecule has 0 aliphatic heterocycles. The molecule has 6 heteroatoms. The van der Waals surface area contributed by atoms with Crippen LogP contribution in [0.1, 0.15) is 12.0 Å². The van der Waals surface area contributed by atoms with E-state index in [4.69, 9.17) is 28.3 Å². The molecule has 0 amide bonds. The van der Waals surface area contributed by atoms with Crippen molar-refractivity contribution in [3.63, 3.8) is 0 Å². The number of rotatable bonds is 1. The van der Waals surface area contributed by atoms with Gasteiger partial charge in [0.25, 0.3) is 6.43 Å². The van der Waals surface area contributed by atoms with E-state index in [0.29, 0.717) is 0 Å². The maximum absolute atomic E-state index is 12.1. The molecule has 0 bridgehead atoms. The zero-order valence-electron chi connectivity index (χ0n) is 5.56. The molecule has 2 nitrogen and oxygen atoms in total. The van der Waals surface area contributed by atoms with Gasteiger partial charge in [-0.25, -0.2) is 13.8 Å². The van der Waals surface area contributed by atoms with Crippen LogP contribution in [0, 0.1) is 0 Å². The van der Waals surface area contributed by atoms with Crippen molar-refractivity contribution in [3.05, 3.63) is 21.9 Å². The SMILES string of the molecule is Oc1cnc(Cl)c(C(F)F)c1Cl. The van der Waals surface area contributed by atoms with Crippen LogP contribution < -0.4 is 0 Å². The number of aromatic nitrogens is 1. The summed E-state index contributed by atoms with van der Waals surface area (Å²) in [4.78, 5) is 3.31. The summed E-state index contributed by atoms with van der Waals surface area (Å²) in [6.07, 6.45) is -1.93. The molecule has 0 radical (unpaired) electrons. The lowest BCUT2D eigenvalue weighted by Gasteiger charge is -2.05. The molecule has 1 aromatic rings. The zero-order valence-corrected chi connectivity index (χ0v) is 7.07. The molecule has 0 spiro atoms. The molecule has 1 aromatic heterocycles. The molecule has 0 saturated carbocycles. The van der Waals surface area contributed by atoms with E-state index in [9.17, 15) is 8.78 Å². The summed E-state index contributed by atoms with van der Waals surface area (Å²) < 4.78 is 24.3. The van der Waals surface area contributed by atoms with Crippen LogP contribution in [0.5, 0.6) is 5.75 Å². The molecule has 0 fully saturated rings. The first-order chi connectivity index (χ1) is 5.54. The van der Waals surface area contributed by atoms with Gasteiger partial charge >= 0.3 is 0 Å². The highest BCUT2D eigenvalue weighted by Crippen LogP contribution is 2.36. The Hall–Kier alpha value is -0.610. The lowest BCUT2D eigenvalue weighted by Crippen LogP contribution is -1.90. The molecular formula is C6H3Cl2F2NO. The predicted octanol–water partition coefficient (Wildman–Crippen LogP) is 3.03. The summed E-state index contributed by atoms with van der Waals surface area (Å²) in [5, 5.41) is 8.04. The molecule has 0 atom stereocenters. The molecule has 0 aromatic carbocycles. The third-order valence-corrected chi connectivity index (χ3v) is 1.90. The largest absolute Gasteiger partial charge is 0.505 e. The average molecular weight is 214 g/mol. The van der Waals surface area contributed by atoms with E-state index in [0.717, 1.165) is 6.20 Å². The number of alkyl halides is 2. The van der Waals surface area contributed by atoms with Crippen molar-refractivity contribution in [2.24, 2.45) is 0 Å². The summed E-state index contributed by atoms with van der Waals surface area (Å²) in [6, 6.07) is 0. The van der Waals surface area contributed by atoms with E-state index in [-0.39, 0.29) is 0 Å². The summed E-state index contributed by atoms with van der Waals surface area (Å²) in [5.41, 5.74) is -0.640. The molecule has 1 N–H and O–H groups in total.